The maximum absolute atomic E-state index is 12.4. The predicted molar refractivity (Wildman–Crippen MR) is 85.3 cm³/mol. The summed E-state index contributed by atoms with van der Waals surface area (Å²) in [5.74, 6) is 2.43. The molecule has 3 aliphatic rings. The molecule has 3 aliphatic carbocycles. The maximum Gasteiger partial charge on any atom is 0.138 e. The number of ketones is 1. The van der Waals surface area contributed by atoms with Crippen LogP contribution < -0.4 is 0 Å². The maximum atomic E-state index is 12.4. The smallest absolute Gasteiger partial charge is 0.138 e. The van der Waals surface area contributed by atoms with Crippen molar-refractivity contribution in [2.24, 2.45) is 17.8 Å². The topological polar surface area (TPSA) is 17.1 Å². The largest absolute Gasteiger partial charge is 0.299 e. The van der Waals surface area contributed by atoms with Crippen molar-refractivity contribution in [3.63, 3.8) is 0 Å². The molecule has 0 heterocycles. The van der Waals surface area contributed by atoms with Gasteiger partial charge in [-0.05, 0) is 53.7 Å². The third kappa shape index (κ3) is 2.01. The van der Waals surface area contributed by atoms with Gasteiger partial charge in [-0.2, -0.15) is 0 Å². The second-order valence-corrected chi connectivity index (χ2v) is 7.83. The van der Waals surface area contributed by atoms with Gasteiger partial charge >= 0.3 is 0 Å². The van der Waals surface area contributed by atoms with Crippen LogP contribution in [0, 0.1) is 17.8 Å². The molecule has 1 aromatic rings. The lowest BCUT2D eigenvalue weighted by atomic mass is 9.62. The van der Waals surface area contributed by atoms with Crippen molar-refractivity contribution >= 4 is 5.78 Å². The first-order valence-corrected chi connectivity index (χ1v) is 8.39. The van der Waals surface area contributed by atoms with Crippen molar-refractivity contribution in [2.45, 2.75) is 51.4 Å². The first-order valence-electron chi connectivity index (χ1n) is 8.39. The van der Waals surface area contributed by atoms with Crippen LogP contribution in [0.4, 0.5) is 0 Å². The zero-order chi connectivity index (χ0) is 14.6. The number of carbonyl (C=O) groups excluding carboxylic acids is 1. The summed E-state index contributed by atoms with van der Waals surface area (Å²) in [4.78, 5) is 12.4. The molecule has 21 heavy (non-hydrogen) atoms. The van der Waals surface area contributed by atoms with E-state index < -0.39 is 0 Å². The van der Waals surface area contributed by atoms with Gasteiger partial charge in [-0.15, -0.1) is 0 Å². The van der Waals surface area contributed by atoms with Crippen molar-refractivity contribution < 1.29 is 4.79 Å². The highest BCUT2D eigenvalue weighted by molar-refractivity contribution is 5.85. The fourth-order valence-electron chi connectivity index (χ4n) is 5.07. The van der Waals surface area contributed by atoms with Crippen molar-refractivity contribution in [2.75, 3.05) is 0 Å². The van der Waals surface area contributed by atoms with E-state index in [1.807, 2.05) is 0 Å². The molecule has 0 amide bonds. The zero-order valence-electron chi connectivity index (χ0n) is 13.1. The van der Waals surface area contributed by atoms with Gasteiger partial charge in [-0.25, -0.2) is 0 Å². The molecule has 110 valence electrons. The third-order valence-corrected chi connectivity index (χ3v) is 5.76. The number of allylic oxidation sites excluding steroid dienone is 2. The Morgan fingerprint density at radius 1 is 1.29 bits per heavy atom. The Hall–Kier alpha value is -1.37. The molecule has 3 unspecified atom stereocenters. The van der Waals surface area contributed by atoms with Crippen LogP contribution in [0.15, 0.2) is 30.4 Å². The number of Topliss-reactive ketones (excluding diaryl/α,β-unsaturated/α-hetero) is 1. The summed E-state index contributed by atoms with van der Waals surface area (Å²) in [5.41, 5.74) is 4.35. The normalized spacial score (nSPS) is 33.2. The highest BCUT2D eigenvalue weighted by Crippen LogP contribution is 2.57. The molecular formula is C20H24O. The Kier molecular flexibility index (Phi) is 2.89. The van der Waals surface area contributed by atoms with Crippen LogP contribution in [-0.2, 0) is 23.1 Å². The van der Waals surface area contributed by atoms with Crippen LogP contribution in [0.3, 0.4) is 0 Å². The van der Waals surface area contributed by atoms with Crippen LogP contribution in [-0.4, -0.2) is 5.78 Å². The zero-order valence-corrected chi connectivity index (χ0v) is 13.1. The highest BCUT2D eigenvalue weighted by atomic mass is 16.1. The molecule has 0 radical (unpaired) electrons. The van der Waals surface area contributed by atoms with E-state index >= 15 is 0 Å². The molecule has 0 aromatic heterocycles. The molecule has 1 aromatic carbocycles. The Morgan fingerprint density at radius 2 is 2.14 bits per heavy atom. The molecule has 1 fully saturated rings. The Balaban J connectivity index is 1.78. The van der Waals surface area contributed by atoms with E-state index in [0.29, 0.717) is 30.0 Å². The van der Waals surface area contributed by atoms with Gasteiger partial charge in [0.1, 0.15) is 5.78 Å². The Labute approximate surface area is 127 Å². The molecule has 3 atom stereocenters. The summed E-state index contributed by atoms with van der Waals surface area (Å²) in [5, 5.41) is 0. The lowest BCUT2D eigenvalue weighted by Crippen LogP contribution is -2.38. The van der Waals surface area contributed by atoms with E-state index in [4.69, 9.17) is 0 Å². The number of carbonyl (C=O) groups is 1. The minimum atomic E-state index is 0.139. The molecular weight excluding hydrogens is 256 g/mol. The second-order valence-electron chi connectivity index (χ2n) is 7.83. The van der Waals surface area contributed by atoms with Crippen LogP contribution in [0.2, 0.25) is 0 Å². The van der Waals surface area contributed by atoms with Gasteiger partial charge in [0.05, 0.1) is 0 Å². The quantitative estimate of drug-likeness (QED) is 0.741. The summed E-state index contributed by atoms with van der Waals surface area (Å²) >= 11 is 0. The average molecular weight is 280 g/mol. The molecule has 2 bridgehead atoms. The summed E-state index contributed by atoms with van der Waals surface area (Å²) in [7, 11) is 0. The highest BCUT2D eigenvalue weighted by Gasteiger charge is 2.52. The van der Waals surface area contributed by atoms with Gasteiger partial charge in [0.2, 0.25) is 0 Å². The lowest BCUT2D eigenvalue weighted by Gasteiger charge is -2.40. The second kappa shape index (κ2) is 4.56. The summed E-state index contributed by atoms with van der Waals surface area (Å²) in [6.07, 6.45) is 9.76. The monoisotopic (exact) mass is 280 g/mol. The van der Waals surface area contributed by atoms with Crippen molar-refractivity contribution in [1.82, 2.24) is 0 Å². The summed E-state index contributed by atoms with van der Waals surface area (Å²) < 4.78 is 0. The number of hydrogen-bond donors (Lipinski definition) is 0. The summed E-state index contributed by atoms with van der Waals surface area (Å²) in [6, 6.07) is 6.99. The third-order valence-electron chi connectivity index (χ3n) is 5.76. The number of rotatable bonds is 2. The minimum Gasteiger partial charge on any atom is -0.299 e. The van der Waals surface area contributed by atoms with E-state index in [0.717, 1.165) is 12.8 Å². The van der Waals surface area contributed by atoms with Crippen LogP contribution >= 0.6 is 0 Å². The van der Waals surface area contributed by atoms with Gasteiger partial charge in [0, 0.05) is 18.3 Å². The molecule has 0 saturated heterocycles. The molecule has 0 N–H and O–H groups in total. The number of fused-ring (bicyclic) bond motifs is 5. The Bertz CT molecular complexity index is 625. The number of benzene rings is 1. The van der Waals surface area contributed by atoms with Gasteiger partial charge in [0.15, 0.2) is 0 Å². The molecule has 0 aliphatic heterocycles. The van der Waals surface area contributed by atoms with E-state index in [9.17, 15) is 4.79 Å². The first-order chi connectivity index (χ1) is 10.1. The van der Waals surface area contributed by atoms with Crippen molar-refractivity contribution in [3.8, 4) is 0 Å². The van der Waals surface area contributed by atoms with Crippen molar-refractivity contribution in [3.05, 3.63) is 47.0 Å². The Morgan fingerprint density at radius 3 is 2.81 bits per heavy atom. The van der Waals surface area contributed by atoms with Gasteiger partial charge in [0.25, 0.3) is 0 Å². The molecule has 1 saturated carbocycles. The first kappa shape index (κ1) is 13.3. The average Bonchev–Trinajstić information content (AvgIpc) is 2.98. The SMILES string of the molecule is CC(C)Cc1ccc2c(c1)CC(=O)CC21CC2C=CC1C2. The lowest BCUT2D eigenvalue weighted by molar-refractivity contribution is -0.120. The minimum absolute atomic E-state index is 0.139. The summed E-state index contributed by atoms with van der Waals surface area (Å²) in [6.45, 7) is 4.51. The van der Waals surface area contributed by atoms with E-state index in [2.05, 4.69) is 44.2 Å². The van der Waals surface area contributed by atoms with Crippen molar-refractivity contribution in [1.29, 1.82) is 0 Å². The molecule has 1 heteroatoms. The van der Waals surface area contributed by atoms with Crippen LogP contribution in [0.25, 0.3) is 0 Å². The number of hydrogen-bond acceptors (Lipinski definition) is 1. The molecule has 1 nitrogen and oxygen atoms in total. The fraction of sp³-hybridized carbons (Fsp3) is 0.550. The fourth-order valence-corrected chi connectivity index (χ4v) is 5.07. The van der Waals surface area contributed by atoms with Gasteiger partial charge < -0.3 is 0 Å². The molecule has 4 rings (SSSR count). The van der Waals surface area contributed by atoms with Gasteiger partial charge in [-0.3, -0.25) is 4.79 Å². The van der Waals surface area contributed by atoms with Gasteiger partial charge in [-0.1, -0.05) is 44.2 Å². The van der Waals surface area contributed by atoms with Crippen LogP contribution in [0.1, 0.15) is 49.8 Å². The standard InChI is InChI=1S/C20H24O/c1-13(2)7-14-4-6-19-16(8-14)10-18(21)12-20(19)11-15-3-5-17(20)9-15/h3-6,8,13,15,17H,7,9-12H2,1-2H3. The predicted octanol–water partition coefficient (Wildman–Crippen LogP) is 4.23. The van der Waals surface area contributed by atoms with Crippen LogP contribution in [0.5, 0.6) is 0 Å². The van der Waals surface area contributed by atoms with E-state index in [-0.39, 0.29) is 5.41 Å². The van der Waals surface area contributed by atoms with E-state index in [1.54, 1.807) is 0 Å². The van der Waals surface area contributed by atoms with E-state index in [1.165, 1.54) is 29.5 Å². The molecule has 1 spiro atoms.